The van der Waals surface area contributed by atoms with Gasteiger partial charge in [0.15, 0.2) is 5.78 Å². The van der Waals surface area contributed by atoms with Crippen LogP contribution in [0.2, 0.25) is 0 Å². The van der Waals surface area contributed by atoms with E-state index in [-0.39, 0.29) is 5.78 Å². The average Bonchev–Trinajstić information content (AvgIpc) is 2.31. The number of Topliss-reactive ketones (excluding diaryl/α,β-unsaturated/α-hetero) is 1. The highest BCUT2D eigenvalue weighted by Gasteiger charge is 2.09. The summed E-state index contributed by atoms with van der Waals surface area (Å²) in [5.74, 6) is -0.452. The van der Waals surface area contributed by atoms with Gasteiger partial charge in [-0.05, 0) is 25.2 Å². The predicted molar refractivity (Wildman–Crippen MR) is 60.9 cm³/mol. The average molecular weight is 224 g/mol. The lowest BCUT2D eigenvalue weighted by Crippen LogP contribution is -2.25. The number of ketones is 1. The molecular formula is C12H17FN2O. The smallest absolute Gasteiger partial charge is 0.182 e. The van der Waals surface area contributed by atoms with Crippen LogP contribution in [0.25, 0.3) is 0 Å². The number of pyridine rings is 1. The fourth-order valence-corrected chi connectivity index (χ4v) is 1.47. The molecule has 88 valence electrons. The summed E-state index contributed by atoms with van der Waals surface area (Å²) < 4.78 is 12.6. The van der Waals surface area contributed by atoms with Gasteiger partial charge in [-0.2, -0.15) is 0 Å². The van der Waals surface area contributed by atoms with Crippen molar-refractivity contribution in [3.05, 3.63) is 29.8 Å². The number of nitrogens with zero attached hydrogens (tertiary/aromatic N) is 2. The largest absolute Gasteiger partial charge is 0.303 e. The van der Waals surface area contributed by atoms with E-state index in [0.29, 0.717) is 12.1 Å². The van der Waals surface area contributed by atoms with E-state index in [1.54, 1.807) is 0 Å². The number of hydrogen-bond donors (Lipinski definition) is 0. The van der Waals surface area contributed by atoms with Crippen LogP contribution in [-0.4, -0.2) is 35.3 Å². The van der Waals surface area contributed by atoms with Crippen molar-refractivity contribution < 1.29 is 9.18 Å². The second-order valence-corrected chi connectivity index (χ2v) is 3.56. The molecule has 0 saturated heterocycles. The zero-order chi connectivity index (χ0) is 12.0. The van der Waals surface area contributed by atoms with Gasteiger partial charge in [-0.3, -0.25) is 9.78 Å². The molecule has 1 rings (SSSR count). The molecule has 0 spiro atoms. The van der Waals surface area contributed by atoms with E-state index in [1.807, 2.05) is 0 Å². The van der Waals surface area contributed by atoms with Gasteiger partial charge in [0.1, 0.15) is 11.5 Å². The number of hydrogen-bond acceptors (Lipinski definition) is 3. The summed E-state index contributed by atoms with van der Waals surface area (Å²) in [6.45, 7) is 6.71. The van der Waals surface area contributed by atoms with Crippen LogP contribution in [0.15, 0.2) is 18.3 Å². The third kappa shape index (κ3) is 3.70. The van der Waals surface area contributed by atoms with E-state index >= 15 is 0 Å². The highest BCUT2D eigenvalue weighted by molar-refractivity contribution is 5.94. The van der Waals surface area contributed by atoms with E-state index in [2.05, 4.69) is 23.7 Å². The molecule has 0 aromatic carbocycles. The standard InChI is InChI=1S/C12H17FN2O/c1-3-15(4-2)8-7-12(16)11-6-5-10(13)9-14-11/h5-6,9H,3-4,7-8H2,1-2H3. The van der Waals surface area contributed by atoms with Crippen LogP contribution in [0.5, 0.6) is 0 Å². The van der Waals surface area contributed by atoms with Crippen molar-refractivity contribution in [2.24, 2.45) is 0 Å². The van der Waals surface area contributed by atoms with Crippen LogP contribution in [-0.2, 0) is 0 Å². The molecule has 1 heterocycles. The van der Waals surface area contributed by atoms with E-state index in [0.717, 1.165) is 25.8 Å². The number of carbonyl (C=O) groups excluding carboxylic acids is 1. The summed E-state index contributed by atoms with van der Waals surface area (Å²) in [5, 5.41) is 0. The number of rotatable bonds is 6. The molecule has 0 atom stereocenters. The molecule has 0 fully saturated rings. The topological polar surface area (TPSA) is 33.2 Å². The van der Waals surface area contributed by atoms with Gasteiger partial charge in [-0.25, -0.2) is 4.39 Å². The van der Waals surface area contributed by atoms with Gasteiger partial charge in [-0.1, -0.05) is 13.8 Å². The predicted octanol–water partition coefficient (Wildman–Crippen LogP) is 2.14. The molecule has 1 aromatic rings. The minimum atomic E-state index is -0.416. The van der Waals surface area contributed by atoms with Crippen LogP contribution < -0.4 is 0 Å². The molecule has 0 saturated carbocycles. The van der Waals surface area contributed by atoms with Crippen LogP contribution in [0, 0.1) is 5.82 Å². The van der Waals surface area contributed by atoms with Crippen molar-refractivity contribution in [2.45, 2.75) is 20.3 Å². The lowest BCUT2D eigenvalue weighted by molar-refractivity contribution is 0.0961. The van der Waals surface area contributed by atoms with Gasteiger partial charge in [0, 0.05) is 13.0 Å². The first-order valence-corrected chi connectivity index (χ1v) is 5.54. The van der Waals surface area contributed by atoms with E-state index in [1.165, 1.54) is 12.1 Å². The molecule has 4 heteroatoms. The Balaban J connectivity index is 2.49. The van der Waals surface area contributed by atoms with Gasteiger partial charge >= 0.3 is 0 Å². The van der Waals surface area contributed by atoms with E-state index in [4.69, 9.17) is 0 Å². The third-order valence-corrected chi connectivity index (χ3v) is 2.56. The normalized spacial score (nSPS) is 10.8. The molecule has 0 N–H and O–H groups in total. The van der Waals surface area contributed by atoms with Crippen molar-refractivity contribution in [3.8, 4) is 0 Å². The summed E-state index contributed by atoms with van der Waals surface area (Å²) in [4.78, 5) is 17.6. The molecule has 0 aliphatic heterocycles. The maximum absolute atomic E-state index is 12.6. The fraction of sp³-hybridized carbons (Fsp3) is 0.500. The van der Waals surface area contributed by atoms with Crippen molar-refractivity contribution in [1.29, 1.82) is 0 Å². The SMILES string of the molecule is CCN(CC)CCC(=O)c1ccc(F)cn1. The van der Waals surface area contributed by atoms with E-state index in [9.17, 15) is 9.18 Å². The Morgan fingerprint density at radius 3 is 2.56 bits per heavy atom. The summed E-state index contributed by atoms with van der Waals surface area (Å²) in [7, 11) is 0. The Morgan fingerprint density at radius 1 is 1.38 bits per heavy atom. The summed E-state index contributed by atoms with van der Waals surface area (Å²) in [6.07, 6.45) is 1.50. The molecule has 0 unspecified atom stereocenters. The number of aromatic nitrogens is 1. The number of halogens is 1. The van der Waals surface area contributed by atoms with Crippen LogP contribution in [0.4, 0.5) is 4.39 Å². The molecule has 0 bridgehead atoms. The third-order valence-electron chi connectivity index (χ3n) is 2.56. The lowest BCUT2D eigenvalue weighted by atomic mass is 10.2. The summed E-state index contributed by atoms with van der Waals surface area (Å²) in [6, 6.07) is 2.69. The first-order chi connectivity index (χ1) is 7.67. The minimum Gasteiger partial charge on any atom is -0.303 e. The quantitative estimate of drug-likeness (QED) is 0.694. The van der Waals surface area contributed by atoms with Gasteiger partial charge < -0.3 is 4.90 Å². The molecule has 0 aliphatic rings. The summed E-state index contributed by atoms with van der Waals surface area (Å²) in [5.41, 5.74) is 0.341. The molecule has 0 aliphatic carbocycles. The number of carbonyl (C=O) groups is 1. The van der Waals surface area contributed by atoms with Crippen molar-refractivity contribution in [3.63, 3.8) is 0 Å². The van der Waals surface area contributed by atoms with Gasteiger partial charge in [0.2, 0.25) is 0 Å². The summed E-state index contributed by atoms with van der Waals surface area (Å²) >= 11 is 0. The lowest BCUT2D eigenvalue weighted by Gasteiger charge is -2.16. The minimum absolute atomic E-state index is 0.0353. The van der Waals surface area contributed by atoms with Crippen molar-refractivity contribution in [2.75, 3.05) is 19.6 Å². The monoisotopic (exact) mass is 224 g/mol. The Morgan fingerprint density at radius 2 is 2.06 bits per heavy atom. The van der Waals surface area contributed by atoms with E-state index < -0.39 is 5.82 Å². The molecule has 16 heavy (non-hydrogen) atoms. The molecule has 0 amide bonds. The van der Waals surface area contributed by atoms with Crippen LogP contribution in [0.1, 0.15) is 30.8 Å². The maximum Gasteiger partial charge on any atom is 0.182 e. The Labute approximate surface area is 95.3 Å². The van der Waals surface area contributed by atoms with Gasteiger partial charge in [0.25, 0.3) is 0 Å². The Bertz CT molecular complexity index is 333. The van der Waals surface area contributed by atoms with Gasteiger partial charge in [-0.15, -0.1) is 0 Å². The van der Waals surface area contributed by atoms with Gasteiger partial charge in [0.05, 0.1) is 6.20 Å². The van der Waals surface area contributed by atoms with Crippen LogP contribution in [0.3, 0.4) is 0 Å². The fourth-order valence-electron chi connectivity index (χ4n) is 1.47. The second kappa shape index (κ2) is 6.33. The molecule has 3 nitrogen and oxygen atoms in total. The Hall–Kier alpha value is -1.29. The molecule has 1 aromatic heterocycles. The van der Waals surface area contributed by atoms with Crippen molar-refractivity contribution in [1.82, 2.24) is 9.88 Å². The first kappa shape index (κ1) is 12.8. The van der Waals surface area contributed by atoms with Crippen molar-refractivity contribution >= 4 is 5.78 Å². The van der Waals surface area contributed by atoms with Crippen LogP contribution >= 0.6 is 0 Å². The molecular weight excluding hydrogens is 207 g/mol. The zero-order valence-corrected chi connectivity index (χ0v) is 9.74. The highest BCUT2D eigenvalue weighted by atomic mass is 19.1. The first-order valence-electron chi connectivity index (χ1n) is 5.54. The maximum atomic E-state index is 12.6. The Kier molecular flexibility index (Phi) is 5.05. The second-order valence-electron chi connectivity index (χ2n) is 3.56. The zero-order valence-electron chi connectivity index (χ0n) is 9.74. The highest BCUT2D eigenvalue weighted by Crippen LogP contribution is 2.03. The molecule has 0 radical (unpaired) electrons.